The van der Waals surface area contributed by atoms with E-state index in [4.69, 9.17) is 11.6 Å². The highest BCUT2D eigenvalue weighted by Crippen LogP contribution is 2.29. The van der Waals surface area contributed by atoms with Crippen molar-refractivity contribution in [2.24, 2.45) is 0 Å². The largest absolute Gasteiger partial charge is 0.228 e. The average Bonchev–Trinajstić information content (AvgIpc) is 2.43. The molecule has 21 heavy (non-hydrogen) atoms. The first-order valence-corrected chi connectivity index (χ1v) is 6.43. The normalized spacial score (nSPS) is 11.1. The number of benzene rings is 2. The molecule has 3 rings (SSSR count). The molecule has 0 aliphatic rings. The number of aryl methyl sites for hydroxylation is 1. The third-order valence-electron chi connectivity index (χ3n) is 3.12. The van der Waals surface area contributed by atoms with Gasteiger partial charge in [-0.25, -0.2) is 23.1 Å². The zero-order valence-corrected chi connectivity index (χ0v) is 11.5. The van der Waals surface area contributed by atoms with Crippen LogP contribution in [0.25, 0.3) is 22.3 Å². The van der Waals surface area contributed by atoms with E-state index in [0.717, 1.165) is 12.1 Å². The van der Waals surface area contributed by atoms with Crippen molar-refractivity contribution in [3.8, 4) is 11.4 Å². The maximum Gasteiger partial charge on any atom is 0.167 e. The van der Waals surface area contributed by atoms with Crippen LogP contribution in [-0.2, 0) is 0 Å². The summed E-state index contributed by atoms with van der Waals surface area (Å²) in [6.07, 6.45) is 0. The van der Waals surface area contributed by atoms with Crippen LogP contribution in [0, 0.1) is 24.4 Å². The molecule has 0 spiro atoms. The monoisotopic (exact) mass is 308 g/mol. The third-order valence-corrected chi connectivity index (χ3v) is 3.41. The molecule has 1 aromatic heterocycles. The fraction of sp³-hybridized carbons (Fsp3) is 0.0667. The summed E-state index contributed by atoms with van der Waals surface area (Å²) in [7, 11) is 0. The molecule has 3 aromatic rings. The molecule has 0 N–H and O–H groups in total. The first kappa shape index (κ1) is 13.8. The van der Waals surface area contributed by atoms with E-state index in [-0.39, 0.29) is 27.6 Å². The van der Waals surface area contributed by atoms with Crippen LogP contribution >= 0.6 is 11.6 Å². The lowest BCUT2D eigenvalue weighted by Gasteiger charge is -2.08. The summed E-state index contributed by atoms with van der Waals surface area (Å²) in [5, 5.41) is 0.422. The molecular formula is C15H8ClF3N2. The number of hydrogen-bond donors (Lipinski definition) is 0. The maximum absolute atomic E-state index is 14.1. The summed E-state index contributed by atoms with van der Waals surface area (Å²) >= 11 is 5.99. The van der Waals surface area contributed by atoms with Gasteiger partial charge in [0.1, 0.15) is 22.6 Å². The molecule has 0 atom stereocenters. The molecule has 1 heterocycles. The van der Waals surface area contributed by atoms with Gasteiger partial charge in [-0.2, -0.15) is 0 Å². The summed E-state index contributed by atoms with van der Waals surface area (Å²) < 4.78 is 41.3. The van der Waals surface area contributed by atoms with Crippen molar-refractivity contribution in [1.29, 1.82) is 0 Å². The molecule has 0 bridgehead atoms. The van der Waals surface area contributed by atoms with Gasteiger partial charge in [0.15, 0.2) is 5.82 Å². The standard InChI is InChI=1S/C15H8ClF3N2/c1-7-2-5-10(18)12(13(7)19)15-20-11-6-8(17)3-4-9(11)14(16)21-15/h2-6H,1H3. The van der Waals surface area contributed by atoms with Gasteiger partial charge >= 0.3 is 0 Å². The van der Waals surface area contributed by atoms with Crippen molar-refractivity contribution >= 4 is 22.5 Å². The van der Waals surface area contributed by atoms with Gasteiger partial charge in [-0.05, 0) is 30.7 Å². The summed E-state index contributed by atoms with van der Waals surface area (Å²) in [6.45, 7) is 1.50. The van der Waals surface area contributed by atoms with E-state index in [1.54, 1.807) is 0 Å². The molecule has 0 saturated carbocycles. The molecule has 6 heteroatoms. The van der Waals surface area contributed by atoms with E-state index in [1.807, 2.05) is 0 Å². The van der Waals surface area contributed by atoms with Crippen LogP contribution in [-0.4, -0.2) is 9.97 Å². The Morgan fingerprint density at radius 2 is 1.76 bits per heavy atom. The van der Waals surface area contributed by atoms with Gasteiger partial charge in [0.05, 0.1) is 11.1 Å². The molecule has 0 saturated heterocycles. The van der Waals surface area contributed by atoms with Crippen molar-refractivity contribution < 1.29 is 13.2 Å². The average molecular weight is 309 g/mol. The van der Waals surface area contributed by atoms with Crippen LogP contribution in [0.5, 0.6) is 0 Å². The van der Waals surface area contributed by atoms with Gasteiger partial charge in [0.2, 0.25) is 0 Å². The maximum atomic E-state index is 14.1. The highest BCUT2D eigenvalue weighted by molar-refractivity contribution is 6.34. The number of fused-ring (bicyclic) bond motifs is 1. The molecule has 0 radical (unpaired) electrons. The molecular weight excluding hydrogens is 301 g/mol. The summed E-state index contributed by atoms with van der Waals surface area (Å²) in [4.78, 5) is 7.93. The number of hydrogen-bond acceptors (Lipinski definition) is 2. The first-order valence-electron chi connectivity index (χ1n) is 6.05. The Labute approximate surface area is 123 Å². The Kier molecular flexibility index (Phi) is 3.29. The van der Waals surface area contributed by atoms with E-state index < -0.39 is 17.5 Å². The van der Waals surface area contributed by atoms with Crippen LogP contribution in [0.15, 0.2) is 30.3 Å². The van der Waals surface area contributed by atoms with Crippen LogP contribution in [0.2, 0.25) is 5.15 Å². The van der Waals surface area contributed by atoms with Gasteiger partial charge in [-0.3, -0.25) is 0 Å². The number of nitrogens with zero attached hydrogens (tertiary/aromatic N) is 2. The van der Waals surface area contributed by atoms with Crippen molar-refractivity contribution in [1.82, 2.24) is 9.97 Å². The fourth-order valence-corrected chi connectivity index (χ4v) is 2.28. The Morgan fingerprint density at radius 1 is 1.00 bits per heavy atom. The van der Waals surface area contributed by atoms with Gasteiger partial charge in [-0.15, -0.1) is 0 Å². The van der Waals surface area contributed by atoms with E-state index >= 15 is 0 Å². The zero-order chi connectivity index (χ0) is 15.1. The minimum absolute atomic E-state index is 0.00954. The highest BCUT2D eigenvalue weighted by atomic mass is 35.5. The van der Waals surface area contributed by atoms with Gasteiger partial charge in [0.25, 0.3) is 0 Å². The van der Waals surface area contributed by atoms with Gasteiger partial charge < -0.3 is 0 Å². The second kappa shape index (κ2) is 5.00. The lowest BCUT2D eigenvalue weighted by atomic mass is 10.1. The number of halogens is 4. The Bertz CT molecular complexity index is 865. The smallest absolute Gasteiger partial charge is 0.167 e. The summed E-state index contributed by atoms with van der Waals surface area (Å²) in [6, 6.07) is 6.21. The first-order chi connectivity index (χ1) is 9.97. The third kappa shape index (κ3) is 2.34. The molecule has 2 aromatic carbocycles. The second-order valence-corrected chi connectivity index (χ2v) is 4.91. The van der Waals surface area contributed by atoms with Gasteiger partial charge in [-0.1, -0.05) is 17.7 Å². The van der Waals surface area contributed by atoms with Gasteiger partial charge in [0, 0.05) is 11.5 Å². The van der Waals surface area contributed by atoms with E-state index in [0.29, 0.717) is 5.39 Å². The minimum atomic E-state index is -0.801. The Balaban J connectivity index is 2.34. The fourth-order valence-electron chi connectivity index (χ4n) is 2.04. The van der Waals surface area contributed by atoms with Crippen molar-refractivity contribution in [3.63, 3.8) is 0 Å². The topological polar surface area (TPSA) is 25.8 Å². The zero-order valence-electron chi connectivity index (χ0n) is 10.8. The van der Waals surface area contributed by atoms with Crippen LogP contribution in [0.3, 0.4) is 0 Å². The summed E-state index contributed by atoms with van der Waals surface area (Å²) in [5.41, 5.74) is 0.0684. The van der Waals surface area contributed by atoms with E-state index in [2.05, 4.69) is 9.97 Å². The van der Waals surface area contributed by atoms with Crippen molar-refractivity contribution in [2.75, 3.05) is 0 Å². The predicted molar refractivity (Wildman–Crippen MR) is 74.6 cm³/mol. The SMILES string of the molecule is Cc1ccc(F)c(-c2nc(Cl)c3ccc(F)cc3n2)c1F. The van der Waals surface area contributed by atoms with Crippen LogP contribution in [0.4, 0.5) is 13.2 Å². The molecule has 2 nitrogen and oxygen atoms in total. The van der Waals surface area contributed by atoms with Crippen molar-refractivity contribution in [3.05, 3.63) is 58.5 Å². The molecule has 0 fully saturated rings. The number of aromatic nitrogens is 2. The second-order valence-electron chi connectivity index (χ2n) is 4.55. The highest BCUT2D eigenvalue weighted by Gasteiger charge is 2.18. The Morgan fingerprint density at radius 3 is 2.52 bits per heavy atom. The van der Waals surface area contributed by atoms with E-state index in [1.165, 1.54) is 25.1 Å². The molecule has 0 unspecified atom stereocenters. The summed E-state index contributed by atoms with van der Waals surface area (Å²) in [5.74, 6) is -2.29. The molecule has 106 valence electrons. The Hall–Kier alpha value is -2.14. The number of rotatable bonds is 1. The quantitative estimate of drug-likeness (QED) is 0.610. The molecule has 0 aliphatic carbocycles. The predicted octanol–water partition coefficient (Wildman–Crippen LogP) is 4.68. The van der Waals surface area contributed by atoms with Crippen LogP contribution in [0.1, 0.15) is 5.56 Å². The van der Waals surface area contributed by atoms with E-state index in [9.17, 15) is 13.2 Å². The molecule has 0 amide bonds. The van der Waals surface area contributed by atoms with Crippen LogP contribution < -0.4 is 0 Å². The molecule has 0 aliphatic heterocycles. The lowest BCUT2D eigenvalue weighted by Crippen LogP contribution is -1.99. The van der Waals surface area contributed by atoms with Crippen molar-refractivity contribution in [2.45, 2.75) is 6.92 Å². The minimum Gasteiger partial charge on any atom is -0.228 e. The lowest BCUT2D eigenvalue weighted by molar-refractivity contribution is 0.582.